The Bertz CT molecular complexity index is 901. The Hall–Kier alpha value is -2.44. The molecule has 0 radical (unpaired) electrons. The fourth-order valence-electron chi connectivity index (χ4n) is 2.30. The highest BCUT2D eigenvalue weighted by Crippen LogP contribution is 2.25. The van der Waals surface area contributed by atoms with Gasteiger partial charge in [-0.1, -0.05) is 33.6 Å². The SMILES string of the molecule is CN(Cc1ccc(Cl)nc1)C(=O)c1cccnc1Oc1ccc(Br)cc1. The number of aromatic nitrogens is 2. The van der Waals surface area contributed by atoms with Crippen molar-refractivity contribution >= 4 is 33.4 Å². The monoisotopic (exact) mass is 431 g/mol. The number of ether oxygens (including phenoxy) is 1. The first-order chi connectivity index (χ1) is 12.5. The molecule has 7 heteroatoms. The van der Waals surface area contributed by atoms with Gasteiger partial charge in [-0.2, -0.15) is 0 Å². The van der Waals surface area contributed by atoms with Gasteiger partial charge in [-0.3, -0.25) is 4.79 Å². The Morgan fingerprint density at radius 3 is 2.62 bits per heavy atom. The highest BCUT2D eigenvalue weighted by atomic mass is 79.9. The van der Waals surface area contributed by atoms with Gasteiger partial charge in [0.2, 0.25) is 5.88 Å². The molecule has 0 saturated heterocycles. The quantitative estimate of drug-likeness (QED) is 0.535. The van der Waals surface area contributed by atoms with Gasteiger partial charge in [0.15, 0.2) is 0 Å². The lowest BCUT2D eigenvalue weighted by Gasteiger charge is -2.18. The molecule has 5 nitrogen and oxygen atoms in total. The highest BCUT2D eigenvalue weighted by Gasteiger charge is 2.18. The van der Waals surface area contributed by atoms with Gasteiger partial charge < -0.3 is 9.64 Å². The van der Waals surface area contributed by atoms with E-state index in [1.54, 1.807) is 54.7 Å². The first-order valence-corrected chi connectivity index (χ1v) is 8.94. The van der Waals surface area contributed by atoms with Crippen LogP contribution < -0.4 is 4.74 Å². The normalized spacial score (nSPS) is 10.4. The zero-order valence-electron chi connectivity index (χ0n) is 13.9. The number of nitrogens with zero attached hydrogens (tertiary/aromatic N) is 3. The van der Waals surface area contributed by atoms with Crippen LogP contribution in [0.2, 0.25) is 5.15 Å². The molecule has 2 heterocycles. The van der Waals surface area contributed by atoms with Crippen LogP contribution in [-0.2, 0) is 6.54 Å². The fraction of sp³-hybridized carbons (Fsp3) is 0.105. The van der Waals surface area contributed by atoms with E-state index in [2.05, 4.69) is 25.9 Å². The first-order valence-electron chi connectivity index (χ1n) is 7.77. The van der Waals surface area contributed by atoms with Crippen molar-refractivity contribution in [2.45, 2.75) is 6.54 Å². The minimum absolute atomic E-state index is 0.194. The number of halogens is 2. The predicted octanol–water partition coefficient (Wildman–Crippen LogP) is 4.96. The summed E-state index contributed by atoms with van der Waals surface area (Å²) >= 11 is 9.17. The van der Waals surface area contributed by atoms with E-state index >= 15 is 0 Å². The molecule has 26 heavy (non-hydrogen) atoms. The standard InChI is InChI=1S/C19H15BrClN3O2/c1-24(12-13-4-9-17(21)23-11-13)19(25)16-3-2-10-22-18(16)26-15-7-5-14(20)6-8-15/h2-11H,12H2,1H3. The van der Waals surface area contributed by atoms with Crippen molar-refractivity contribution in [2.75, 3.05) is 7.05 Å². The minimum Gasteiger partial charge on any atom is -0.438 e. The summed E-state index contributed by atoms with van der Waals surface area (Å²) in [5.74, 6) is 0.673. The van der Waals surface area contributed by atoms with Gasteiger partial charge >= 0.3 is 0 Å². The summed E-state index contributed by atoms with van der Waals surface area (Å²) < 4.78 is 6.74. The van der Waals surface area contributed by atoms with Crippen LogP contribution in [0.25, 0.3) is 0 Å². The number of carbonyl (C=O) groups excluding carboxylic acids is 1. The third-order valence-electron chi connectivity index (χ3n) is 3.58. The minimum atomic E-state index is -0.194. The molecule has 0 spiro atoms. The maximum atomic E-state index is 12.8. The Morgan fingerprint density at radius 1 is 1.15 bits per heavy atom. The lowest BCUT2D eigenvalue weighted by molar-refractivity contribution is 0.0781. The molecule has 0 saturated carbocycles. The summed E-state index contributed by atoms with van der Waals surface area (Å²) in [6.45, 7) is 0.398. The molecule has 0 aliphatic carbocycles. The fourth-order valence-corrected chi connectivity index (χ4v) is 2.68. The van der Waals surface area contributed by atoms with E-state index in [1.807, 2.05) is 18.2 Å². The number of benzene rings is 1. The number of hydrogen-bond acceptors (Lipinski definition) is 4. The van der Waals surface area contributed by atoms with E-state index in [0.29, 0.717) is 23.0 Å². The number of hydrogen-bond donors (Lipinski definition) is 0. The average molecular weight is 433 g/mol. The molecule has 0 bridgehead atoms. The summed E-state index contributed by atoms with van der Waals surface area (Å²) in [6.07, 6.45) is 3.24. The molecule has 3 aromatic rings. The molecule has 1 amide bonds. The van der Waals surface area contributed by atoms with Crippen molar-refractivity contribution in [1.82, 2.24) is 14.9 Å². The van der Waals surface area contributed by atoms with Crippen LogP contribution in [0.5, 0.6) is 11.6 Å². The molecule has 132 valence electrons. The predicted molar refractivity (Wildman–Crippen MR) is 103 cm³/mol. The van der Waals surface area contributed by atoms with E-state index in [9.17, 15) is 4.79 Å². The lowest BCUT2D eigenvalue weighted by Crippen LogP contribution is -2.26. The van der Waals surface area contributed by atoms with Gasteiger partial charge in [-0.05, 0) is 48.0 Å². The van der Waals surface area contributed by atoms with E-state index in [1.165, 1.54) is 0 Å². The lowest BCUT2D eigenvalue weighted by atomic mass is 10.2. The molecule has 0 unspecified atom stereocenters. The van der Waals surface area contributed by atoms with Gasteiger partial charge in [0.05, 0.1) is 0 Å². The van der Waals surface area contributed by atoms with Gasteiger partial charge in [0.25, 0.3) is 5.91 Å². The van der Waals surface area contributed by atoms with E-state index in [4.69, 9.17) is 16.3 Å². The van der Waals surface area contributed by atoms with Crippen LogP contribution in [0.4, 0.5) is 0 Å². The maximum absolute atomic E-state index is 12.8. The van der Waals surface area contributed by atoms with Crippen molar-refractivity contribution in [3.8, 4) is 11.6 Å². The molecule has 3 rings (SSSR count). The Morgan fingerprint density at radius 2 is 1.92 bits per heavy atom. The van der Waals surface area contributed by atoms with E-state index < -0.39 is 0 Å². The molecule has 0 aliphatic rings. The maximum Gasteiger partial charge on any atom is 0.259 e. The Balaban J connectivity index is 1.78. The number of carbonyl (C=O) groups is 1. The van der Waals surface area contributed by atoms with Gasteiger partial charge in [0.1, 0.15) is 16.5 Å². The van der Waals surface area contributed by atoms with Gasteiger partial charge in [-0.15, -0.1) is 0 Å². The van der Waals surface area contributed by atoms with Crippen molar-refractivity contribution in [1.29, 1.82) is 0 Å². The average Bonchev–Trinajstić information content (AvgIpc) is 2.65. The molecular weight excluding hydrogens is 418 g/mol. The van der Waals surface area contributed by atoms with Crippen molar-refractivity contribution in [2.24, 2.45) is 0 Å². The van der Waals surface area contributed by atoms with Crippen LogP contribution in [-0.4, -0.2) is 27.8 Å². The highest BCUT2D eigenvalue weighted by molar-refractivity contribution is 9.10. The van der Waals surface area contributed by atoms with Crippen LogP contribution in [0.3, 0.4) is 0 Å². The van der Waals surface area contributed by atoms with Crippen LogP contribution >= 0.6 is 27.5 Å². The smallest absolute Gasteiger partial charge is 0.259 e. The second kappa shape index (κ2) is 8.29. The molecule has 0 atom stereocenters. The van der Waals surface area contributed by atoms with Crippen LogP contribution in [0.15, 0.2) is 65.4 Å². The Labute approximate surface area is 164 Å². The van der Waals surface area contributed by atoms with Crippen molar-refractivity contribution < 1.29 is 9.53 Å². The molecular formula is C19H15BrClN3O2. The summed E-state index contributed by atoms with van der Waals surface area (Å²) in [6, 6.07) is 14.3. The number of pyridine rings is 2. The third kappa shape index (κ3) is 4.59. The summed E-state index contributed by atoms with van der Waals surface area (Å²) in [5.41, 5.74) is 1.27. The summed E-state index contributed by atoms with van der Waals surface area (Å²) in [5, 5.41) is 0.417. The summed E-state index contributed by atoms with van der Waals surface area (Å²) in [4.78, 5) is 22.7. The summed E-state index contributed by atoms with van der Waals surface area (Å²) in [7, 11) is 1.72. The van der Waals surface area contributed by atoms with Crippen LogP contribution in [0.1, 0.15) is 15.9 Å². The molecule has 0 fully saturated rings. The topological polar surface area (TPSA) is 55.3 Å². The molecule has 2 aromatic heterocycles. The third-order valence-corrected chi connectivity index (χ3v) is 4.34. The number of rotatable bonds is 5. The Kier molecular flexibility index (Phi) is 5.85. The largest absolute Gasteiger partial charge is 0.438 e. The number of amides is 1. The second-order valence-electron chi connectivity index (χ2n) is 5.56. The zero-order valence-corrected chi connectivity index (χ0v) is 16.2. The van der Waals surface area contributed by atoms with E-state index in [-0.39, 0.29) is 11.8 Å². The van der Waals surface area contributed by atoms with Crippen molar-refractivity contribution in [3.05, 3.63) is 81.7 Å². The van der Waals surface area contributed by atoms with Gasteiger partial charge in [-0.25, -0.2) is 9.97 Å². The first kappa shape index (κ1) is 18.4. The molecule has 1 aromatic carbocycles. The molecule has 0 aliphatic heterocycles. The van der Waals surface area contributed by atoms with Crippen LogP contribution in [0, 0.1) is 0 Å². The van der Waals surface area contributed by atoms with Gasteiger partial charge in [0, 0.05) is 30.5 Å². The molecule has 0 N–H and O–H groups in total. The van der Waals surface area contributed by atoms with E-state index in [0.717, 1.165) is 10.0 Å². The zero-order chi connectivity index (χ0) is 18.5. The second-order valence-corrected chi connectivity index (χ2v) is 6.87. The van der Waals surface area contributed by atoms with Crippen molar-refractivity contribution in [3.63, 3.8) is 0 Å².